The first kappa shape index (κ1) is 82.8. The Balaban J connectivity index is 0.770. The van der Waals surface area contributed by atoms with E-state index in [1.165, 1.54) is 0 Å². The van der Waals surface area contributed by atoms with Gasteiger partial charge >= 0.3 is 11.9 Å². The van der Waals surface area contributed by atoms with E-state index in [9.17, 15) is 28.8 Å². The number of ether oxygens (including phenoxy) is 13. The smallest absolute Gasteiger partial charge is 0.329 e. The Morgan fingerprint density at radius 2 is 0.624 bits per heavy atom. The molecule has 580 valence electrons. The molecule has 2 aliphatic heterocycles. The molecule has 5 heterocycles. The number of carboxylic acids is 2. The zero-order chi connectivity index (χ0) is 76.3. The minimum absolute atomic E-state index is 0.0423. The van der Waals surface area contributed by atoms with Crippen LogP contribution in [0.5, 0.6) is 0 Å². The van der Waals surface area contributed by atoms with E-state index < -0.39 is 61.2 Å². The molecule has 0 fully saturated rings. The van der Waals surface area contributed by atoms with Gasteiger partial charge in [-0.15, -0.1) is 0 Å². The number of nitrogens with one attached hydrogen (secondary N) is 6. The lowest BCUT2D eigenvalue weighted by Crippen LogP contribution is -2.50. The monoisotopic (exact) mass is 1500 g/mol. The van der Waals surface area contributed by atoms with E-state index in [4.69, 9.17) is 81.8 Å². The number of amides is 4. The molecule has 0 radical (unpaired) electrons. The first-order chi connectivity index (χ1) is 53.5. The molecular weight excluding hydrogens is 1410 g/mol. The van der Waals surface area contributed by atoms with Gasteiger partial charge in [0.05, 0.1) is 175 Å². The number of rotatable bonds is 53. The Kier molecular flexibility index (Phi) is 36.1. The number of hydrogen-bond donors (Lipinski definition) is 8. The average Bonchev–Trinajstić information content (AvgIpc) is 1.62. The van der Waals surface area contributed by atoms with Crippen molar-refractivity contribution in [2.45, 2.75) is 12.5 Å². The van der Waals surface area contributed by atoms with E-state index in [1.807, 2.05) is 84.9 Å². The standard InChI is InChI=1S/C80H94N8O21/c89-71(81-28-30-97-32-34-99-36-38-101-40-42-103-44-46-105-48-50-107-55-74(92)93)52-70(80(96)82-29-31-98-33-35-100-37-39-102-41-43-104-45-47-106-49-51-108-56-75(94)95)88-73(91)54-109-53-72(90)83-61-18-16-60(17-19-61)79-68-26-24-66(86-68)77(58-12-6-2-7-13-58)64-22-20-62(84-64)76(57-10-4-1-5-11-57)63-21-23-65(85-63)78(59-14-8-3-9-15-59)67-25-27-69(79)87-67/h1-27,70,84,87H,28-56H2,(H,81,89)(H,82,96)(H,83,90)(H,88,91)(H,92,93)(H,94,95)/t70-/m0/s1. The molecule has 29 nitrogen and oxygen atoms in total. The molecule has 7 aromatic rings. The van der Waals surface area contributed by atoms with Gasteiger partial charge in [0.1, 0.15) is 32.5 Å². The van der Waals surface area contributed by atoms with Crippen LogP contribution in [0.2, 0.25) is 0 Å². The summed E-state index contributed by atoms with van der Waals surface area (Å²) < 4.78 is 70.1. The number of hydrogen-bond acceptors (Lipinski definition) is 21. The van der Waals surface area contributed by atoms with Crippen LogP contribution in [0.4, 0.5) is 5.69 Å². The number of aliphatic carboxylic acids is 2. The van der Waals surface area contributed by atoms with Crippen molar-refractivity contribution in [1.82, 2.24) is 35.9 Å². The molecule has 2 aliphatic rings. The van der Waals surface area contributed by atoms with Crippen molar-refractivity contribution < 1.29 is 101 Å². The van der Waals surface area contributed by atoms with Crippen LogP contribution in [0.1, 0.15) is 29.2 Å². The number of anilines is 1. The Morgan fingerprint density at radius 3 is 0.963 bits per heavy atom. The van der Waals surface area contributed by atoms with E-state index in [0.717, 1.165) is 83.7 Å². The van der Waals surface area contributed by atoms with Crippen LogP contribution in [-0.2, 0) is 90.3 Å². The highest BCUT2D eigenvalue weighted by atomic mass is 16.6. The molecule has 0 unspecified atom stereocenters. The Bertz CT molecular complexity index is 4180. The molecule has 29 heteroatoms. The number of aromatic amines is 2. The number of carbonyl (C=O) groups is 6. The lowest BCUT2D eigenvalue weighted by molar-refractivity contribution is -0.143. The van der Waals surface area contributed by atoms with Crippen LogP contribution in [0.25, 0.3) is 90.9 Å². The zero-order valence-electron chi connectivity index (χ0n) is 60.7. The van der Waals surface area contributed by atoms with Crippen molar-refractivity contribution in [2.75, 3.05) is 190 Å². The fourth-order valence-corrected chi connectivity index (χ4v) is 11.2. The third kappa shape index (κ3) is 29.0. The number of aromatic nitrogens is 4. The second kappa shape index (κ2) is 47.6. The second-order valence-electron chi connectivity index (χ2n) is 24.2. The van der Waals surface area contributed by atoms with Gasteiger partial charge in [-0.3, -0.25) is 19.2 Å². The maximum atomic E-state index is 13.6. The SMILES string of the molecule is O=C(O)COCCOCCOCCOCCOCCOCCNC(=O)C[C@H](NC(=O)COCC(=O)Nc1ccc(-c2c3nc(c(-c4ccccc4)c4ccc([nH]4)c(-c4ccccc4)c4nc(c(-c5ccccc5)c5ccc2[nH]5)C=C4)C=C3)cc1)C(=O)NCCOCCOCCOCCOCCOCCOCC(=O)O. The van der Waals surface area contributed by atoms with Crippen molar-refractivity contribution in [3.05, 3.63) is 162 Å². The topological polar surface area (TPSA) is 368 Å². The lowest BCUT2D eigenvalue weighted by atomic mass is 10.0. The third-order valence-electron chi connectivity index (χ3n) is 16.2. The highest BCUT2D eigenvalue weighted by Crippen LogP contribution is 2.39. The van der Waals surface area contributed by atoms with Gasteiger partial charge < -0.3 is 103 Å². The number of H-pyrrole nitrogens is 2. The molecule has 4 aromatic carbocycles. The van der Waals surface area contributed by atoms with E-state index in [0.29, 0.717) is 90.7 Å². The average molecular weight is 1500 g/mol. The van der Waals surface area contributed by atoms with Gasteiger partial charge in [0, 0.05) is 63.1 Å². The van der Waals surface area contributed by atoms with Gasteiger partial charge in [-0.2, -0.15) is 0 Å². The van der Waals surface area contributed by atoms with Gasteiger partial charge in [0.25, 0.3) is 0 Å². The minimum Gasteiger partial charge on any atom is -0.480 e. The van der Waals surface area contributed by atoms with Gasteiger partial charge in [-0.1, -0.05) is 103 Å². The zero-order valence-corrected chi connectivity index (χ0v) is 60.7. The van der Waals surface area contributed by atoms with Crippen LogP contribution in [0, 0.1) is 0 Å². The number of carbonyl (C=O) groups excluding carboxylic acids is 4. The number of nitrogens with zero attached hydrogens (tertiary/aromatic N) is 2. The normalized spacial score (nSPS) is 11.9. The van der Waals surface area contributed by atoms with Crippen LogP contribution in [0.15, 0.2) is 140 Å². The molecule has 4 amide bonds. The maximum absolute atomic E-state index is 13.6. The summed E-state index contributed by atoms with van der Waals surface area (Å²) in [5.41, 5.74) is 14.2. The fraction of sp³-hybridized carbons (Fsp3) is 0.375. The van der Waals surface area contributed by atoms with Crippen molar-refractivity contribution in [2.24, 2.45) is 0 Å². The van der Waals surface area contributed by atoms with Crippen molar-refractivity contribution in [3.63, 3.8) is 0 Å². The summed E-state index contributed by atoms with van der Waals surface area (Å²) in [5, 5.41) is 28.0. The fourth-order valence-electron chi connectivity index (χ4n) is 11.2. The predicted molar refractivity (Wildman–Crippen MR) is 408 cm³/mol. The van der Waals surface area contributed by atoms with Crippen LogP contribution in [-0.4, -0.2) is 257 Å². The van der Waals surface area contributed by atoms with Crippen molar-refractivity contribution >= 4 is 87.6 Å². The molecule has 9 rings (SSSR count). The Morgan fingerprint density at radius 1 is 0.321 bits per heavy atom. The quantitative estimate of drug-likeness (QED) is 0.0169. The van der Waals surface area contributed by atoms with Gasteiger partial charge in [0.15, 0.2) is 0 Å². The first-order valence-electron chi connectivity index (χ1n) is 36.0. The molecule has 3 aromatic heterocycles. The van der Waals surface area contributed by atoms with Crippen LogP contribution >= 0.6 is 0 Å². The van der Waals surface area contributed by atoms with Gasteiger partial charge in [-0.05, 0) is 83.0 Å². The molecule has 8 N–H and O–H groups in total. The summed E-state index contributed by atoms with van der Waals surface area (Å²) in [7, 11) is 0. The molecule has 0 spiro atoms. The molecule has 8 bridgehead atoms. The third-order valence-corrected chi connectivity index (χ3v) is 16.2. The minimum atomic E-state index is -1.33. The molecule has 1 atom stereocenters. The number of carboxylic acid groups (broad SMARTS) is 2. The van der Waals surface area contributed by atoms with Crippen LogP contribution in [0.3, 0.4) is 0 Å². The molecule has 0 saturated heterocycles. The number of benzene rings is 4. The maximum Gasteiger partial charge on any atom is 0.329 e. The molecule has 0 saturated carbocycles. The van der Waals surface area contributed by atoms with Gasteiger partial charge in [-0.25, -0.2) is 19.6 Å². The highest BCUT2D eigenvalue weighted by molar-refractivity contribution is 6.00. The second-order valence-corrected chi connectivity index (χ2v) is 24.2. The summed E-state index contributed by atoms with van der Waals surface area (Å²) >= 11 is 0. The van der Waals surface area contributed by atoms with Crippen LogP contribution < -0.4 is 21.3 Å². The van der Waals surface area contributed by atoms with E-state index >= 15 is 0 Å². The van der Waals surface area contributed by atoms with Crippen molar-refractivity contribution in [1.29, 1.82) is 0 Å². The lowest BCUT2D eigenvalue weighted by Gasteiger charge is -2.18. The molecule has 109 heavy (non-hydrogen) atoms. The van der Waals surface area contributed by atoms with E-state index in [-0.39, 0.29) is 92.4 Å². The summed E-state index contributed by atoms with van der Waals surface area (Å²) in [5.74, 6) is -4.59. The Hall–Kier alpha value is -10.2. The van der Waals surface area contributed by atoms with Gasteiger partial charge in [0.2, 0.25) is 23.6 Å². The summed E-state index contributed by atoms with van der Waals surface area (Å²) in [6.07, 6.45) is 7.74. The Labute approximate surface area is 630 Å². The number of fused-ring (bicyclic) bond motifs is 8. The highest BCUT2D eigenvalue weighted by Gasteiger charge is 2.25. The van der Waals surface area contributed by atoms with E-state index in [1.54, 1.807) is 12.1 Å². The summed E-state index contributed by atoms with van der Waals surface area (Å²) in [4.78, 5) is 93.0. The summed E-state index contributed by atoms with van der Waals surface area (Å²) in [6, 6.07) is 44.9. The first-order valence-corrected chi connectivity index (χ1v) is 36.0. The molecular formula is C80H94N8O21. The van der Waals surface area contributed by atoms with E-state index in [2.05, 4.69) is 98.0 Å². The molecule has 0 aliphatic carbocycles. The predicted octanol–water partition coefficient (Wildman–Crippen LogP) is 7.75. The summed E-state index contributed by atoms with van der Waals surface area (Å²) in [6.45, 7) is 4.39. The van der Waals surface area contributed by atoms with Crippen molar-refractivity contribution in [3.8, 4) is 44.5 Å². The largest absolute Gasteiger partial charge is 0.480 e.